The van der Waals surface area contributed by atoms with Gasteiger partial charge in [0.05, 0.1) is 23.7 Å². The van der Waals surface area contributed by atoms with Crippen molar-refractivity contribution in [1.82, 2.24) is 25.1 Å². The van der Waals surface area contributed by atoms with Gasteiger partial charge < -0.3 is 20.7 Å². The molecule has 4 rings (SSSR count). The van der Waals surface area contributed by atoms with Gasteiger partial charge in [0.2, 0.25) is 5.91 Å². The smallest absolute Gasteiger partial charge is 0.252 e. The highest BCUT2D eigenvalue weighted by atomic mass is 19.1. The number of amides is 2. The first-order valence-corrected chi connectivity index (χ1v) is 12.2. The van der Waals surface area contributed by atoms with Crippen molar-refractivity contribution in [1.29, 1.82) is 0 Å². The van der Waals surface area contributed by atoms with Gasteiger partial charge in [-0.05, 0) is 55.5 Å². The topological polar surface area (TPSA) is 112 Å². The van der Waals surface area contributed by atoms with E-state index in [1.165, 1.54) is 18.3 Å². The molecule has 2 amide bonds. The lowest BCUT2D eigenvalue weighted by atomic mass is 10.1. The van der Waals surface area contributed by atoms with Crippen LogP contribution in [0.1, 0.15) is 41.6 Å². The van der Waals surface area contributed by atoms with Gasteiger partial charge in [-0.15, -0.1) is 0 Å². The molecule has 1 atom stereocenters. The Bertz CT molecular complexity index is 1170. The van der Waals surface area contributed by atoms with Crippen molar-refractivity contribution < 1.29 is 19.1 Å². The molecule has 0 saturated carbocycles. The number of carbonyl (C=O) groups excluding carboxylic acids is 2. The molecule has 1 saturated heterocycles. The maximum Gasteiger partial charge on any atom is 0.252 e. The number of hydrogen-bond donors (Lipinski definition) is 3. The molecule has 1 aliphatic heterocycles. The van der Waals surface area contributed by atoms with E-state index >= 15 is 0 Å². The van der Waals surface area contributed by atoms with Crippen LogP contribution in [0.4, 0.5) is 4.39 Å². The van der Waals surface area contributed by atoms with E-state index in [9.17, 15) is 14.0 Å². The summed E-state index contributed by atoms with van der Waals surface area (Å²) in [5.41, 5.74) is 5.97. The number of carbonyl (C=O) groups is 2. The zero-order valence-corrected chi connectivity index (χ0v) is 20.1. The molecule has 0 aliphatic carbocycles. The fraction of sp³-hybridized carbons (Fsp3) is 0.385. The SMILES string of the molecule is O=C(NC[C@H]1CCCN1C(=O)CCCO)c1ccc(-c2cnn(NCCc3cccc(F)c3)c2)nc1. The lowest BCUT2D eigenvalue weighted by molar-refractivity contribution is -0.132. The minimum Gasteiger partial charge on any atom is -0.396 e. The van der Waals surface area contributed by atoms with Gasteiger partial charge in [0.25, 0.3) is 5.91 Å². The van der Waals surface area contributed by atoms with Crippen LogP contribution < -0.4 is 10.7 Å². The zero-order chi connectivity index (χ0) is 25.3. The maximum atomic E-state index is 13.3. The molecule has 0 unspecified atom stereocenters. The zero-order valence-electron chi connectivity index (χ0n) is 20.1. The summed E-state index contributed by atoms with van der Waals surface area (Å²) in [6.07, 6.45) is 8.21. The number of hydrogen-bond acceptors (Lipinski definition) is 6. The number of aliphatic hydroxyl groups excluding tert-OH is 1. The van der Waals surface area contributed by atoms with Crippen LogP contribution >= 0.6 is 0 Å². The second-order valence-electron chi connectivity index (χ2n) is 8.81. The van der Waals surface area contributed by atoms with Crippen LogP contribution in [0.15, 0.2) is 55.0 Å². The van der Waals surface area contributed by atoms with Crippen molar-refractivity contribution in [2.75, 3.05) is 31.7 Å². The average molecular weight is 495 g/mol. The molecule has 3 N–H and O–H groups in total. The number of nitrogens with one attached hydrogen (secondary N) is 2. The van der Waals surface area contributed by atoms with E-state index in [0.29, 0.717) is 50.2 Å². The summed E-state index contributed by atoms with van der Waals surface area (Å²) in [6.45, 7) is 1.66. The van der Waals surface area contributed by atoms with Crippen molar-refractivity contribution in [3.05, 3.63) is 71.9 Å². The Labute approximate surface area is 209 Å². The van der Waals surface area contributed by atoms with E-state index in [1.54, 1.807) is 40.3 Å². The third kappa shape index (κ3) is 6.66. The van der Waals surface area contributed by atoms with Crippen molar-refractivity contribution in [3.63, 3.8) is 0 Å². The van der Waals surface area contributed by atoms with E-state index in [0.717, 1.165) is 24.0 Å². The Morgan fingerprint density at radius 2 is 2.08 bits per heavy atom. The van der Waals surface area contributed by atoms with Crippen LogP contribution in [0, 0.1) is 5.82 Å². The number of likely N-dealkylation sites (tertiary alicyclic amines) is 1. The first-order valence-electron chi connectivity index (χ1n) is 12.2. The van der Waals surface area contributed by atoms with Gasteiger partial charge in [0.1, 0.15) is 5.82 Å². The van der Waals surface area contributed by atoms with Crippen molar-refractivity contribution in [2.45, 2.75) is 38.1 Å². The fourth-order valence-electron chi connectivity index (χ4n) is 4.31. The van der Waals surface area contributed by atoms with Crippen LogP contribution in [0.5, 0.6) is 0 Å². The van der Waals surface area contributed by atoms with E-state index in [-0.39, 0.29) is 30.3 Å². The summed E-state index contributed by atoms with van der Waals surface area (Å²) < 4.78 is 13.3. The second-order valence-corrected chi connectivity index (χ2v) is 8.81. The number of aromatic nitrogens is 3. The Morgan fingerprint density at radius 1 is 1.19 bits per heavy atom. The van der Waals surface area contributed by atoms with Gasteiger partial charge in [-0.25, -0.2) is 4.39 Å². The second kappa shape index (κ2) is 12.3. The Morgan fingerprint density at radius 3 is 2.86 bits per heavy atom. The predicted molar refractivity (Wildman–Crippen MR) is 133 cm³/mol. The number of nitrogens with zero attached hydrogens (tertiary/aromatic N) is 4. The summed E-state index contributed by atoms with van der Waals surface area (Å²) in [4.78, 5) is 32.7. The molecular formula is C26H31FN6O3. The van der Waals surface area contributed by atoms with Gasteiger partial charge in [-0.2, -0.15) is 9.89 Å². The Hall–Kier alpha value is -3.79. The molecular weight excluding hydrogens is 463 g/mol. The van der Waals surface area contributed by atoms with Crippen LogP contribution in [0.25, 0.3) is 11.3 Å². The fourth-order valence-corrected chi connectivity index (χ4v) is 4.31. The summed E-state index contributed by atoms with van der Waals surface area (Å²) in [5, 5.41) is 16.1. The van der Waals surface area contributed by atoms with E-state index in [1.807, 2.05) is 6.07 Å². The largest absolute Gasteiger partial charge is 0.396 e. The molecule has 36 heavy (non-hydrogen) atoms. The van der Waals surface area contributed by atoms with Crippen LogP contribution in [0.2, 0.25) is 0 Å². The van der Waals surface area contributed by atoms with Crippen molar-refractivity contribution in [3.8, 4) is 11.3 Å². The predicted octanol–water partition coefficient (Wildman–Crippen LogP) is 2.36. The number of benzene rings is 1. The lowest BCUT2D eigenvalue weighted by Gasteiger charge is -2.25. The minimum absolute atomic E-state index is 0.00214. The molecule has 1 aromatic carbocycles. The standard InChI is InChI=1S/C26H31FN6O3/c27-22-5-1-4-19(14-22)10-11-30-33-18-21(16-31-33)24-9-8-20(15-28-24)26(36)29-17-23-6-2-12-32(23)25(35)7-3-13-34/h1,4-5,8-9,14-16,18,23,30,34H,2-3,6-7,10-13,17H2,(H,29,36)/t23-/m1/s1. The molecule has 10 heteroatoms. The van der Waals surface area contributed by atoms with Crippen LogP contribution in [0.3, 0.4) is 0 Å². The van der Waals surface area contributed by atoms with E-state index in [4.69, 9.17) is 5.11 Å². The summed E-state index contributed by atoms with van der Waals surface area (Å²) >= 11 is 0. The molecule has 1 fully saturated rings. The first kappa shape index (κ1) is 25.3. The monoisotopic (exact) mass is 494 g/mol. The highest BCUT2D eigenvalue weighted by Gasteiger charge is 2.28. The molecule has 1 aliphatic rings. The lowest BCUT2D eigenvalue weighted by Crippen LogP contribution is -2.43. The van der Waals surface area contributed by atoms with Crippen LogP contribution in [-0.4, -0.2) is 69.0 Å². The van der Waals surface area contributed by atoms with Crippen molar-refractivity contribution in [2.24, 2.45) is 0 Å². The minimum atomic E-state index is -0.248. The number of aliphatic hydroxyl groups is 1. The molecule has 3 aromatic rings. The van der Waals surface area contributed by atoms with Crippen molar-refractivity contribution >= 4 is 11.8 Å². The Kier molecular flexibility index (Phi) is 8.62. The Balaban J connectivity index is 1.26. The summed E-state index contributed by atoms with van der Waals surface area (Å²) in [5.74, 6) is -0.462. The number of halogens is 1. The van der Waals surface area contributed by atoms with Gasteiger partial charge >= 0.3 is 0 Å². The quantitative estimate of drug-likeness (QED) is 0.377. The van der Waals surface area contributed by atoms with E-state index < -0.39 is 0 Å². The third-order valence-corrected chi connectivity index (χ3v) is 6.23. The van der Waals surface area contributed by atoms with Gasteiger partial charge in [-0.1, -0.05) is 12.1 Å². The summed E-state index contributed by atoms with van der Waals surface area (Å²) in [6, 6.07) is 9.97. The number of rotatable bonds is 11. The summed E-state index contributed by atoms with van der Waals surface area (Å²) in [7, 11) is 0. The molecule has 0 radical (unpaired) electrons. The molecule has 3 heterocycles. The molecule has 190 valence electrons. The maximum absolute atomic E-state index is 13.3. The van der Waals surface area contributed by atoms with Crippen LogP contribution in [-0.2, 0) is 11.2 Å². The highest BCUT2D eigenvalue weighted by molar-refractivity contribution is 5.94. The normalized spacial score (nSPS) is 15.2. The van der Waals surface area contributed by atoms with E-state index in [2.05, 4.69) is 20.8 Å². The molecule has 0 bridgehead atoms. The molecule has 9 nitrogen and oxygen atoms in total. The van der Waals surface area contributed by atoms with Gasteiger partial charge in [0.15, 0.2) is 0 Å². The van der Waals surface area contributed by atoms with Gasteiger partial charge in [-0.3, -0.25) is 14.6 Å². The number of pyridine rings is 1. The molecule has 2 aromatic heterocycles. The first-order chi connectivity index (χ1) is 17.5. The average Bonchev–Trinajstić information content (AvgIpc) is 3.56. The van der Waals surface area contributed by atoms with Gasteiger partial charge in [0, 0.05) is 50.5 Å². The molecule has 0 spiro atoms. The third-order valence-electron chi connectivity index (χ3n) is 6.23. The highest BCUT2D eigenvalue weighted by Crippen LogP contribution is 2.19.